The summed E-state index contributed by atoms with van der Waals surface area (Å²) in [7, 11) is 0. The molecule has 0 N–H and O–H groups in total. The molecule has 0 saturated carbocycles. The smallest absolute Gasteiger partial charge is 0.123 e. The molecular formula is C126H100Ir4N8O2-8. The van der Waals surface area contributed by atoms with Crippen LogP contribution in [0.15, 0.2) is 392 Å². The van der Waals surface area contributed by atoms with Crippen molar-refractivity contribution in [1.29, 1.82) is 0 Å². The third-order valence-corrected chi connectivity index (χ3v) is 23.1. The van der Waals surface area contributed by atoms with Crippen molar-refractivity contribution in [2.24, 2.45) is 0 Å². The van der Waals surface area contributed by atoms with Gasteiger partial charge in [0.2, 0.25) is 0 Å². The molecule has 0 bridgehead atoms. The normalized spacial score (nSPS) is 12.4. The van der Waals surface area contributed by atoms with E-state index in [-0.39, 0.29) is 103 Å². The van der Waals surface area contributed by atoms with Gasteiger partial charge in [-0.15, -0.1) is 238 Å². The molecular weight excluding hydrogens is 2430 g/mol. The fourth-order valence-electron chi connectivity index (χ4n) is 15.7. The first-order chi connectivity index (χ1) is 71.4. The molecule has 12 aromatic carbocycles. The van der Waals surface area contributed by atoms with Gasteiger partial charge in [0.25, 0.3) is 0 Å². The number of benzene rings is 12. The summed E-state index contributed by atoms with van der Waals surface area (Å²) in [5.41, 5.74) is 36.2. The van der Waals surface area contributed by atoms with Crippen LogP contribution < -0.4 is 0 Å². The molecule has 0 fully saturated rings. The van der Waals surface area contributed by atoms with Crippen LogP contribution in [-0.2, 0) is 99.7 Å². The van der Waals surface area contributed by atoms with Crippen LogP contribution in [0.3, 0.4) is 0 Å². The first-order valence-corrected chi connectivity index (χ1v) is 44.8. The zero-order chi connectivity index (χ0) is 104. The second-order valence-corrected chi connectivity index (χ2v) is 32.9. The van der Waals surface area contributed by atoms with Crippen LogP contribution in [-0.4, -0.2) is 39.9 Å². The molecule has 2 aliphatic carbocycles. The molecule has 10 nitrogen and oxygen atoms in total. The second-order valence-electron chi connectivity index (χ2n) is 32.9. The van der Waals surface area contributed by atoms with E-state index >= 15 is 0 Å². The molecule has 24 rings (SSSR count). The van der Waals surface area contributed by atoms with Crippen LogP contribution in [0.4, 0.5) is 0 Å². The SMILES string of the molecule is CC(C)c1ccnc(-c2[c-]cc3c(c2)oc2ccccc23)c1.CCc1ccnc(-c2[c-]cc3c(c2)oc2ccccc23)c1.Cc1ccnc(-c2[c-]cc3c(c2)Cc2ccccc2-3)c1.Cc1cnc(-c2[c-]cc3c(c2)Cc2ccccc2-3)cc1C.[2H]C([2H])([2H])c1ccc(-c2[c-]cccc2)nc1.[2H]C([2H])([2H])c1ccc(-c2[c-]cccc2)nc1.[2H]C([2H])([2H])c1ccc(-c2[c-]cccc2)nc1.[2H]C([2H])([2H])c1ccc(-c2[c-]cccc2)nc1.[Ir].[Ir].[Ir].[Ir]. The Morgan fingerprint density at radius 2 is 0.643 bits per heavy atom. The van der Waals surface area contributed by atoms with Gasteiger partial charge in [0.1, 0.15) is 11.2 Å². The maximum atomic E-state index is 7.23. The molecule has 14 heteroatoms. The topological polar surface area (TPSA) is 129 Å². The Morgan fingerprint density at radius 3 is 1.03 bits per heavy atom. The van der Waals surface area contributed by atoms with Gasteiger partial charge in [0, 0.05) is 146 Å². The molecule has 2 aliphatic rings. The Bertz CT molecular complexity index is 7940. The summed E-state index contributed by atoms with van der Waals surface area (Å²) in [6.45, 7) is 4.46. The van der Waals surface area contributed by atoms with Crippen molar-refractivity contribution in [3.05, 3.63) is 504 Å². The van der Waals surface area contributed by atoms with E-state index in [0.29, 0.717) is 5.92 Å². The number of furan rings is 2. The summed E-state index contributed by atoms with van der Waals surface area (Å²) < 4.78 is 98.7. The van der Waals surface area contributed by atoms with Gasteiger partial charge in [0.15, 0.2) is 0 Å². The molecule has 0 atom stereocenters. The predicted octanol–water partition coefficient (Wildman–Crippen LogP) is 31.2. The van der Waals surface area contributed by atoms with Crippen molar-refractivity contribution in [3.8, 4) is 112 Å². The van der Waals surface area contributed by atoms with Gasteiger partial charge < -0.3 is 48.7 Å². The summed E-state index contributed by atoms with van der Waals surface area (Å²) >= 11 is 0. The van der Waals surface area contributed by atoms with Crippen molar-refractivity contribution in [3.63, 3.8) is 0 Å². The van der Waals surface area contributed by atoms with Crippen LogP contribution in [0.25, 0.3) is 156 Å². The fourth-order valence-corrected chi connectivity index (χ4v) is 15.7. The Morgan fingerprint density at radius 1 is 0.279 bits per heavy atom. The number of aryl methyl sites for hydroxylation is 8. The van der Waals surface area contributed by atoms with Crippen molar-refractivity contribution >= 4 is 43.9 Å². The van der Waals surface area contributed by atoms with Gasteiger partial charge in [0.05, 0.1) is 11.2 Å². The van der Waals surface area contributed by atoms with E-state index in [1.807, 2.05) is 170 Å². The molecule has 4 radical (unpaired) electrons. The number of rotatable bonds is 10. The molecule has 0 amide bonds. The fraction of sp³-hybridized carbons (Fsp3) is 0.111. The molecule has 0 aliphatic heterocycles. The maximum absolute atomic E-state index is 7.23. The first-order valence-electron chi connectivity index (χ1n) is 50.8. The second kappa shape index (κ2) is 50.1. The summed E-state index contributed by atoms with van der Waals surface area (Å²) in [6, 6.07) is 133. The average Bonchev–Trinajstić information content (AvgIpc) is 1.65. The van der Waals surface area contributed by atoms with Crippen LogP contribution in [0.2, 0.25) is 0 Å². The molecule has 140 heavy (non-hydrogen) atoms. The zero-order valence-electron chi connectivity index (χ0n) is 89.3. The largest absolute Gasteiger partial charge is 0.476 e. The summed E-state index contributed by atoms with van der Waals surface area (Å²) in [4.78, 5) is 34.4. The van der Waals surface area contributed by atoms with Crippen molar-refractivity contribution in [1.82, 2.24) is 39.9 Å². The van der Waals surface area contributed by atoms with E-state index in [2.05, 4.69) is 245 Å². The number of fused-ring (bicyclic) bond motifs is 12. The number of pyridine rings is 8. The number of hydrogen-bond donors (Lipinski definition) is 0. The third-order valence-electron chi connectivity index (χ3n) is 23.1. The molecule has 700 valence electrons. The number of para-hydroxylation sites is 2. The molecule has 10 heterocycles. The van der Waals surface area contributed by atoms with Crippen molar-refractivity contribution in [2.75, 3.05) is 0 Å². The minimum absolute atomic E-state index is 0. The van der Waals surface area contributed by atoms with Crippen LogP contribution in [0.1, 0.15) is 115 Å². The van der Waals surface area contributed by atoms with Gasteiger partial charge >= 0.3 is 0 Å². The maximum Gasteiger partial charge on any atom is 0.123 e. The quantitative estimate of drug-likeness (QED) is 0.122. The van der Waals surface area contributed by atoms with Crippen molar-refractivity contribution < 1.29 is 106 Å². The van der Waals surface area contributed by atoms with Crippen molar-refractivity contribution in [2.45, 2.75) is 94.1 Å². The predicted molar refractivity (Wildman–Crippen MR) is 556 cm³/mol. The first kappa shape index (κ1) is 87.5. The summed E-state index contributed by atoms with van der Waals surface area (Å²) in [5.74, 6) is 0.483. The average molecular weight is 2540 g/mol. The van der Waals surface area contributed by atoms with E-state index in [4.69, 9.17) is 25.3 Å². The Labute approximate surface area is 892 Å². The Kier molecular flexibility index (Phi) is 31.3. The third kappa shape index (κ3) is 26.3. The van der Waals surface area contributed by atoms with Gasteiger partial charge in [-0.1, -0.05) is 246 Å². The monoisotopic (exact) mass is 2540 g/mol. The van der Waals surface area contributed by atoms with Gasteiger partial charge in [-0.25, -0.2) is 0 Å². The molecule has 0 saturated heterocycles. The van der Waals surface area contributed by atoms with Gasteiger partial charge in [-0.2, -0.15) is 0 Å². The number of nitrogens with zero attached hydrogens (tertiary/aromatic N) is 8. The number of hydrogen-bond acceptors (Lipinski definition) is 10. The minimum Gasteiger partial charge on any atom is -0.476 e. The number of aromatic nitrogens is 8. The van der Waals surface area contributed by atoms with Crippen LogP contribution in [0, 0.1) is 96.7 Å². The van der Waals surface area contributed by atoms with E-state index in [0.717, 1.165) is 153 Å². The van der Waals surface area contributed by atoms with Gasteiger partial charge in [-0.3, -0.25) is 0 Å². The summed E-state index contributed by atoms with van der Waals surface area (Å²) in [5, 5.41) is 4.45. The standard InChI is InChI=1S/C20H16NO.C20H16N.C19H14NO.C19H14N.4C12H10N.4Ir/c1-13(2)14-9-10-21-18(11-14)15-7-8-17-16-5-3-4-6-19(16)22-20(17)12-15;1-13-9-20(21-12-14(13)2)16-7-8-19-17(11-16)10-15-5-3-4-6-18(15)19;1-2-13-9-10-20-17(11-13)14-7-8-16-15-5-3-4-6-18(15)21-19(16)12-14;1-13-8-9-20-19(10-13)15-6-7-18-16(12-15)11-14-4-2-3-5-17(14)18;4*1-10-7-8-12(13-9-10)11-5-3-2-4-6-11;;;;/h3-6,8-13H,1-2H3;3-6,8-9,11-12H,10H2,1-2H3;3-6,8-12H,2H2,1H3;2-5,7-10,12H,11H2,1H3;4*2-5,7-9H,1H3;;;;/q8*-1;;;;/i;;;;4*1D3;;;;. The van der Waals surface area contributed by atoms with E-state index in [1.54, 1.807) is 72.8 Å². The Balaban J connectivity index is 0.000000144. The minimum atomic E-state index is -2.09. The summed E-state index contributed by atoms with van der Waals surface area (Å²) in [6.07, 6.45) is 16.1. The van der Waals surface area contributed by atoms with Crippen LogP contribution in [0.5, 0.6) is 0 Å². The molecule has 0 unspecified atom stereocenters. The Hall–Kier alpha value is -14.0. The molecule has 0 spiro atoms. The van der Waals surface area contributed by atoms with E-state index < -0.39 is 27.4 Å². The molecule has 22 aromatic rings. The zero-order valence-corrected chi connectivity index (χ0v) is 86.9. The van der Waals surface area contributed by atoms with E-state index in [1.165, 1.54) is 97.1 Å². The van der Waals surface area contributed by atoms with Crippen LogP contribution >= 0.6 is 0 Å². The molecule has 10 aromatic heterocycles. The van der Waals surface area contributed by atoms with Gasteiger partial charge in [-0.05, 0) is 199 Å². The van der Waals surface area contributed by atoms with E-state index in [9.17, 15) is 0 Å².